The first-order chi connectivity index (χ1) is 9.43. The van der Waals surface area contributed by atoms with E-state index >= 15 is 0 Å². The Morgan fingerprint density at radius 1 is 1.30 bits per heavy atom. The van der Waals surface area contributed by atoms with Crippen LogP contribution in [0.4, 0.5) is 0 Å². The fourth-order valence-electron chi connectivity index (χ4n) is 2.96. The number of hydrogen-bond donors (Lipinski definition) is 0. The monoisotopic (exact) mass is 275 g/mol. The van der Waals surface area contributed by atoms with E-state index < -0.39 is 0 Å². The first kappa shape index (κ1) is 15.0. The van der Waals surface area contributed by atoms with Crippen molar-refractivity contribution in [2.24, 2.45) is 5.41 Å². The van der Waals surface area contributed by atoms with Crippen LogP contribution < -0.4 is 4.74 Å². The van der Waals surface area contributed by atoms with E-state index in [0.717, 1.165) is 24.4 Å². The molecular weight excluding hydrogens is 250 g/mol. The fraction of sp³-hybridized carbons (Fsp3) is 0.588. The van der Waals surface area contributed by atoms with E-state index in [1.165, 1.54) is 12.8 Å². The Kier molecular flexibility index (Phi) is 4.48. The summed E-state index contributed by atoms with van der Waals surface area (Å²) >= 11 is 0. The molecular formula is C17H25NO2. The molecule has 1 aromatic rings. The van der Waals surface area contributed by atoms with E-state index in [1.807, 2.05) is 31.2 Å². The first-order valence-corrected chi connectivity index (χ1v) is 7.35. The highest BCUT2D eigenvalue weighted by Crippen LogP contribution is 2.30. The second kappa shape index (κ2) is 5.96. The number of rotatable bonds is 4. The number of piperidine rings is 1. The van der Waals surface area contributed by atoms with E-state index in [-0.39, 0.29) is 11.8 Å². The zero-order chi connectivity index (χ0) is 14.8. The number of hydrogen-bond acceptors (Lipinski definition) is 3. The van der Waals surface area contributed by atoms with Crippen LogP contribution in [0.25, 0.3) is 0 Å². The molecule has 1 aromatic carbocycles. The van der Waals surface area contributed by atoms with Gasteiger partial charge < -0.3 is 4.74 Å². The molecule has 1 aliphatic heterocycles. The van der Waals surface area contributed by atoms with E-state index in [0.29, 0.717) is 5.41 Å². The van der Waals surface area contributed by atoms with Crippen LogP contribution in [0.15, 0.2) is 24.3 Å². The van der Waals surface area contributed by atoms with Crippen molar-refractivity contribution < 1.29 is 9.53 Å². The molecule has 1 fully saturated rings. The van der Waals surface area contributed by atoms with Crippen molar-refractivity contribution in [1.29, 1.82) is 0 Å². The third-order valence-electron chi connectivity index (χ3n) is 4.23. The summed E-state index contributed by atoms with van der Waals surface area (Å²) in [6.45, 7) is 8.60. The predicted molar refractivity (Wildman–Crippen MR) is 81.4 cm³/mol. The Labute approximate surface area is 121 Å². The van der Waals surface area contributed by atoms with Gasteiger partial charge in [0.1, 0.15) is 5.75 Å². The molecule has 1 unspecified atom stereocenters. The Bertz CT molecular complexity index is 464. The van der Waals surface area contributed by atoms with Gasteiger partial charge in [-0.05, 0) is 56.0 Å². The van der Waals surface area contributed by atoms with Gasteiger partial charge in [-0.25, -0.2) is 0 Å². The highest BCUT2D eigenvalue weighted by molar-refractivity contribution is 5.99. The molecule has 3 heteroatoms. The van der Waals surface area contributed by atoms with Gasteiger partial charge in [0.15, 0.2) is 5.78 Å². The first-order valence-electron chi connectivity index (χ1n) is 7.35. The predicted octanol–water partition coefficient (Wildman–Crippen LogP) is 3.39. The average molecular weight is 275 g/mol. The topological polar surface area (TPSA) is 29.5 Å². The number of carbonyl (C=O) groups excluding carboxylic acids is 1. The van der Waals surface area contributed by atoms with Crippen molar-refractivity contribution in [3.63, 3.8) is 0 Å². The number of Topliss-reactive ketones (excluding diaryl/α,β-unsaturated/α-hetero) is 1. The molecule has 0 spiro atoms. The largest absolute Gasteiger partial charge is 0.497 e. The summed E-state index contributed by atoms with van der Waals surface area (Å²) in [5.74, 6) is 0.985. The van der Waals surface area contributed by atoms with Crippen LogP contribution in [0.1, 0.15) is 44.0 Å². The van der Waals surface area contributed by atoms with Gasteiger partial charge in [0.05, 0.1) is 13.2 Å². The van der Waals surface area contributed by atoms with E-state index in [1.54, 1.807) is 7.11 Å². The van der Waals surface area contributed by atoms with Gasteiger partial charge >= 0.3 is 0 Å². The van der Waals surface area contributed by atoms with Gasteiger partial charge in [-0.3, -0.25) is 9.69 Å². The number of carbonyl (C=O) groups is 1. The third-order valence-corrected chi connectivity index (χ3v) is 4.23. The minimum absolute atomic E-state index is 0.0528. The normalized spacial score (nSPS) is 20.4. The molecule has 0 aliphatic carbocycles. The maximum Gasteiger partial charge on any atom is 0.179 e. The number of likely N-dealkylation sites (tertiary alicyclic amines) is 1. The SMILES string of the molecule is COc1ccc(C(=O)C(C)N2CCCC(C)(C)C2)cc1. The molecule has 0 amide bonds. The molecule has 1 aliphatic rings. The molecule has 0 bridgehead atoms. The van der Waals surface area contributed by atoms with Crippen LogP contribution in [0.3, 0.4) is 0 Å². The summed E-state index contributed by atoms with van der Waals surface area (Å²) in [4.78, 5) is 14.9. The second-order valence-corrected chi connectivity index (χ2v) is 6.51. The lowest BCUT2D eigenvalue weighted by molar-refractivity contribution is 0.0626. The van der Waals surface area contributed by atoms with Crippen molar-refractivity contribution in [1.82, 2.24) is 4.90 Å². The summed E-state index contributed by atoms with van der Waals surface area (Å²) in [5.41, 5.74) is 1.08. The lowest BCUT2D eigenvalue weighted by Crippen LogP contribution is -2.47. The molecule has 2 rings (SSSR count). The van der Waals surface area contributed by atoms with Gasteiger partial charge in [-0.1, -0.05) is 13.8 Å². The molecule has 20 heavy (non-hydrogen) atoms. The third kappa shape index (κ3) is 3.40. The van der Waals surface area contributed by atoms with Crippen LogP contribution in [-0.4, -0.2) is 36.9 Å². The minimum Gasteiger partial charge on any atom is -0.497 e. The van der Waals surface area contributed by atoms with Gasteiger partial charge in [0, 0.05) is 12.1 Å². The maximum absolute atomic E-state index is 12.6. The highest BCUT2D eigenvalue weighted by Gasteiger charge is 2.31. The minimum atomic E-state index is -0.0528. The number of ether oxygens (including phenoxy) is 1. The Morgan fingerprint density at radius 2 is 1.95 bits per heavy atom. The van der Waals surface area contributed by atoms with Crippen molar-refractivity contribution >= 4 is 5.78 Å². The van der Waals surface area contributed by atoms with Gasteiger partial charge in [0.25, 0.3) is 0 Å². The molecule has 0 aromatic heterocycles. The number of methoxy groups -OCH3 is 1. The zero-order valence-corrected chi connectivity index (χ0v) is 13.0. The standard InChI is InChI=1S/C17H25NO2/c1-13(18-11-5-10-17(2,3)12-18)16(19)14-6-8-15(20-4)9-7-14/h6-9,13H,5,10-12H2,1-4H3. The molecule has 3 nitrogen and oxygen atoms in total. The van der Waals surface area contributed by atoms with Crippen molar-refractivity contribution in [2.75, 3.05) is 20.2 Å². The average Bonchev–Trinajstić information content (AvgIpc) is 2.45. The number of benzene rings is 1. The van der Waals surface area contributed by atoms with E-state index in [9.17, 15) is 4.79 Å². The molecule has 0 saturated carbocycles. The zero-order valence-electron chi connectivity index (χ0n) is 13.0. The fourth-order valence-corrected chi connectivity index (χ4v) is 2.96. The quantitative estimate of drug-likeness (QED) is 0.789. The van der Waals surface area contributed by atoms with E-state index in [4.69, 9.17) is 4.74 Å². The van der Waals surface area contributed by atoms with Gasteiger partial charge in [-0.2, -0.15) is 0 Å². The number of ketones is 1. The molecule has 0 radical (unpaired) electrons. The van der Waals surface area contributed by atoms with Crippen LogP contribution in [-0.2, 0) is 0 Å². The summed E-state index contributed by atoms with van der Waals surface area (Å²) in [7, 11) is 1.63. The molecule has 110 valence electrons. The van der Waals surface area contributed by atoms with Crippen LogP contribution in [0.5, 0.6) is 5.75 Å². The Hall–Kier alpha value is -1.35. The van der Waals surface area contributed by atoms with Crippen molar-refractivity contribution in [2.45, 2.75) is 39.7 Å². The van der Waals surface area contributed by atoms with Crippen LogP contribution in [0.2, 0.25) is 0 Å². The Balaban J connectivity index is 2.07. The van der Waals surface area contributed by atoms with Gasteiger partial charge in [0.2, 0.25) is 0 Å². The summed E-state index contributed by atoms with van der Waals surface area (Å²) in [5, 5.41) is 0. The number of nitrogens with zero attached hydrogens (tertiary/aromatic N) is 1. The maximum atomic E-state index is 12.6. The van der Waals surface area contributed by atoms with Crippen molar-refractivity contribution in [3.8, 4) is 5.75 Å². The molecule has 1 atom stereocenters. The molecule has 1 saturated heterocycles. The molecule has 1 heterocycles. The Morgan fingerprint density at radius 3 is 2.50 bits per heavy atom. The molecule has 0 N–H and O–H groups in total. The van der Waals surface area contributed by atoms with Gasteiger partial charge in [-0.15, -0.1) is 0 Å². The second-order valence-electron chi connectivity index (χ2n) is 6.51. The lowest BCUT2D eigenvalue weighted by atomic mass is 9.83. The van der Waals surface area contributed by atoms with E-state index in [2.05, 4.69) is 18.7 Å². The van der Waals surface area contributed by atoms with Crippen LogP contribution >= 0.6 is 0 Å². The summed E-state index contributed by atoms with van der Waals surface area (Å²) in [6.07, 6.45) is 2.42. The van der Waals surface area contributed by atoms with Crippen molar-refractivity contribution in [3.05, 3.63) is 29.8 Å². The summed E-state index contributed by atoms with van der Waals surface area (Å²) < 4.78 is 5.13. The lowest BCUT2D eigenvalue weighted by Gasteiger charge is -2.40. The highest BCUT2D eigenvalue weighted by atomic mass is 16.5. The summed E-state index contributed by atoms with van der Waals surface area (Å²) in [6, 6.07) is 7.35. The smallest absolute Gasteiger partial charge is 0.179 e. The van der Waals surface area contributed by atoms with Crippen LogP contribution in [0, 0.1) is 5.41 Å².